The van der Waals surface area contributed by atoms with Crippen LogP contribution in [0.1, 0.15) is 16.8 Å². The lowest BCUT2D eigenvalue weighted by molar-refractivity contribution is 0.0584. The Labute approximate surface area is 164 Å². The summed E-state index contributed by atoms with van der Waals surface area (Å²) in [5, 5.41) is 6.11. The summed E-state index contributed by atoms with van der Waals surface area (Å²) in [6.07, 6.45) is 2.32. The summed E-state index contributed by atoms with van der Waals surface area (Å²) >= 11 is 0. The van der Waals surface area contributed by atoms with Gasteiger partial charge in [-0.1, -0.05) is 12.1 Å². The molecular formula is C20H25FN6O. The molecule has 2 saturated heterocycles. The van der Waals surface area contributed by atoms with Crippen LogP contribution >= 0.6 is 0 Å². The van der Waals surface area contributed by atoms with Gasteiger partial charge in [-0.3, -0.25) is 9.69 Å². The molecule has 1 unspecified atom stereocenters. The molecule has 0 radical (unpaired) electrons. The van der Waals surface area contributed by atoms with Crippen LogP contribution in [0.4, 0.5) is 10.2 Å². The van der Waals surface area contributed by atoms with Crippen LogP contribution in [0.25, 0.3) is 11.4 Å². The van der Waals surface area contributed by atoms with E-state index in [-0.39, 0.29) is 11.7 Å². The van der Waals surface area contributed by atoms with Crippen molar-refractivity contribution in [3.05, 3.63) is 41.8 Å². The van der Waals surface area contributed by atoms with Gasteiger partial charge in [-0.2, -0.15) is 0 Å². The highest BCUT2D eigenvalue weighted by Gasteiger charge is 2.28. The standard InChI is InChI=1S/C20H25FN6O/c1-22-19-17(21)13-24-18(25-19)14-3-2-4-15(11-14)20(28)27-9-7-26(8-10-27)16-5-6-23-12-16/h2-4,11,13,16,23H,5-10,12H2,1H3,(H,22,24,25). The lowest BCUT2D eigenvalue weighted by Crippen LogP contribution is -2.52. The van der Waals surface area contributed by atoms with Crippen molar-refractivity contribution in [2.45, 2.75) is 12.5 Å². The smallest absolute Gasteiger partial charge is 0.253 e. The molecule has 148 valence electrons. The summed E-state index contributed by atoms with van der Waals surface area (Å²) in [6, 6.07) is 7.82. The maximum atomic E-state index is 13.6. The van der Waals surface area contributed by atoms with E-state index in [4.69, 9.17) is 0 Å². The minimum atomic E-state index is -0.506. The summed E-state index contributed by atoms with van der Waals surface area (Å²) in [4.78, 5) is 25.6. The first-order valence-electron chi connectivity index (χ1n) is 9.70. The molecule has 0 bridgehead atoms. The van der Waals surface area contributed by atoms with Crippen LogP contribution < -0.4 is 10.6 Å². The number of benzene rings is 1. The fourth-order valence-electron chi connectivity index (χ4n) is 3.90. The van der Waals surface area contributed by atoms with E-state index in [9.17, 15) is 9.18 Å². The quantitative estimate of drug-likeness (QED) is 0.831. The maximum Gasteiger partial charge on any atom is 0.253 e. The third kappa shape index (κ3) is 3.83. The highest BCUT2D eigenvalue weighted by molar-refractivity contribution is 5.95. The molecule has 4 rings (SSSR count). The summed E-state index contributed by atoms with van der Waals surface area (Å²) in [5.74, 6) is 0.0361. The number of carbonyl (C=O) groups is 1. The van der Waals surface area contributed by atoms with Gasteiger partial charge in [0.1, 0.15) is 0 Å². The fourth-order valence-corrected chi connectivity index (χ4v) is 3.90. The molecule has 1 amide bonds. The SMILES string of the molecule is CNc1nc(-c2cccc(C(=O)N3CCN(C4CCNC4)CC3)c2)ncc1F. The zero-order valence-electron chi connectivity index (χ0n) is 16.0. The topological polar surface area (TPSA) is 73.4 Å². The minimum absolute atomic E-state index is 0.0157. The Balaban J connectivity index is 1.46. The van der Waals surface area contributed by atoms with Crippen molar-refractivity contribution in [3.8, 4) is 11.4 Å². The van der Waals surface area contributed by atoms with Gasteiger partial charge in [0.25, 0.3) is 5.91 Å². The number of hydrogen-bond acceptors (Lipinski definition) is 6. The lowest BCUT2D eigenvalue weighted by Gasteiger charge is -2.37. The van der Waals surface area contributed by atoms with Crippen LogP contribution in [0.15, 0.2) is 30.5 Å². The fraction of sp³-hybridized carbons (Fsp3) is 0.450. The summed E-state index contributed by atoms with van der Waals surface area (Å²) in [7, 11) is 1.61. The number of piperazine rings is 1. The first-order valence-corrected chi connectivity index (χ1v) is 9.70. The maximum absolute atomic E-state index is 13.6. The van der Waals surface area contributed by atoms with Crippen molar-refractivity contribution < 1.29 is 9.18 Å². The highest BCUT2D eigenvalue weighted by atomic mass is 19.1. The van der Waals surface area contributed by atoms with E-state index in [0.717, 1.165) is 45.5 Å². The number of aromatic nitrogens is 2. The van der Waals surface area contributed by atoms with E-state index in [1.165, 1.54) is 6.42 Å². The van der Waals surface area contributed by atoms with E-state index in [1.807, 2.05) is 23.1 Å². The van der Waals surface area contributed by atoms with Crippen molar-refractivity contribution >= 4 is 11.7 Å². The molecule has 2 aromatic rings. The average Bonchev–Trinajstić information content (AvgIpc) is 3.29. The minimum Gasteiger partial charge on any atom is -0.371 e. The molecule has 0 spiro atoms. The van der Waals surface area contributed by atoms with Gasteiger partial charge in [-0.15, -0.1) is 0 Å². The summed E-state index contributed by atoms with van der Waals surface area (Å²) in [6.45, 7) is 5.40. The number of carbonyl (C=O) groups excluding carboxylic acids is 1. The van der Waals surface area contributed by atoms with Crippen molar-refractivity contribution in [3.63, 3.8) is 0 Å². The number of hydrogen-bond donors (Lipinski definition) is 2. The number of amides is 1. The number of nitrogens with one attached hydrogen (secondary N) is 2. The second kappa shape index (κ2) is 8.20. The van der Waals surface area contributed by atoms with Gasteiger partial charge >= 0.3 is 0 Å². The van der Waals surface area contributed by atoms with Gasteiger partial charge in [0.05, 0.1) is 6.20 Å². The van der Waals surface area contributed by atoms with E-state index in [1.54, 1.807) is 13.1 Å². The van der Waals surface area contributed by atoms with Crippen LogP contribution in [-0.4, -0.2) is 78.0 Å². The average molecular weight is 384 g/mol. The van der Waals surface area contributed by atoms with Crippen molar-refractivity contribution in [1.82, 2.24) is 25.1 Å². The molecule has 0 aliphatic carbocycles. The predicted molar refractivity (Wildman–Crippen MR) is 106 cm³/mol. The Bertz CT molecular complexity index is 846. The molecule has 8 heteroatoms. The molecule has 3 heterocycles. The van der Waals surface area contributed by atoms with Crippen LogP contribution in [-0.2, 0) is 0 Å². The zero-order chi connectivity index (χ0) is 19.5. The molecule has 2 N–H and O–H groups in total. The van der Waals surface area contributed by atoms with E-state index in [0.29, 0.717) is 23.0 Å². The van der Waals surface area contributed by atoms with Gasteiger partial charge < -0.3 is 15.5 Å². The Kier molecular flexibility index (Phi) is 5.50. The molecule has 2 fully saturated rings. The van der Waals surface area contributed by atoms with Crippen LogP contribution in [0.3, 0.4) is 0 Å². The third-order valence-corrected chi connectivity index (χ3v) is 5.50. The normalized spacial score (nSPS) is 20.4. The Hall–Kier alpha value is -2.58. The first kappa shape index (κ1) is 18.8. The zero-order valence-corrected chi connectivity index (χ0v) is 16.0. The molecule has 1 aromatic carbocycles. The van der Waals surface area contributed by atoms with Gasteiger partial charge in [0.2, 0.25) is 0 Å². The molecule has 2 aliphatic rings. The van der Waals surface area contributed by atoms with Crippen LogP contribution in [0.2, 0.25) is 0 Å². The van der Waals surface area contributed by atoms with Crippen LogP contribution in [0, 0.1) is 5.82 Å². The van der Waals surface area contributed by atoms with Crippen molar-refractivity contribution in [2.75, 3.05) is 51.6 Å². The molecule has 28 heavy (non-hydrogen) atoms. The molecule has 7 nitrogen and oxygen atoms in total. The second-order valence-electron chi connectivity index (χ2n) is 7.20. The number of halogens is 1. The molecule has 2 aliphatic heterocycles. The van der Waals surface area contributed by atoms with E-state index in [2.05, 4.69) is 25.5 Å². The molecular weight excluding hydrogens is 359 g/mol. The monoisotopic (exact) mass is 384 g/mol. The van der Waals surface area contributed by atoms with Crippen molar-refractivity contribution in [2.24, 2.45) is 0 Å². The highest BCUT2D eigenvalue weighted by Crippen LogP contribution is 2.21. The van der Waals surface area contributed by atoms with Crippen molar-refractivity contribution in [1.29, 1.82) is 0 Å². The van der Waals surface area contributed by atoms with Gasteiger partial charge in [0, 0.05) is 56.9 Å². The van der Waals surface area contributed by atoms with Gasteiger partial charge in [-0.25, -0.2) is 14.4 Å². The summed E-state index contributed by atoms with van der Waals surface area (Å²) in [5.41, 5.74) is 1.30. The number of nitrogens with zero attached hydrogens (tertiary/aromatic N) is 4. The lowest BCUT2D eigenvalue weighted by atomic mass is 10.1. The number of rotatable bonds is 4. The first-order chi connectivity index (χ1) is 13.7. The Morgan fingerprint density at radius 1 is 1.29 bits per heavy atom. The van der Waals surface area contributed by atoms with Gasteiger partial charge in [0.15, 0.2) is 17.5 Å². The molecule has 0 saturated carbocycles. The largest absolute Gasteiger partial charge is 0.371 e. The predicted octanol–water partition coefficient (Wildman–Crippen LogP) is 1.44. The van der Waals surface area contributed by atoms with Gasteiger partial charge in [-0.05, 0) is 25.1 Å². The van der Waals surface area contributed by atoms with Crippen LogP contribution in [0.5, 0.6) is 0 Å². The second-order valence-corrected chi connectivity index (χ2v) is 7.20. The van der Waals surface area contributed by atoms with E-state index < -0.39 is 5.82 Å². The summed E-state index contributed by atoms with van der Waals surface area (Å²) < 4.78 is 13.6. The Morgan fingerprint density at radius 3 is 2.82 bits per heavy atom. The molecule has 1 atom stereocenters. The third-order valence-electron chi connectivity index (χ3n) is 5.50. The molecule has 1 aromatic heterocycles. The van der Waals surface area contributed by atoms with E-state index >= 15 is 0 Å². The Morgan fingerprint density at radius 2 is 2.11 bits per heavy atom. The number of anilines is 1.